The summed E-state index contributed by atoms with van der Waals surface area (Å²) >= 11 is 0. The van der Waals surface area contributed by atoms with Gasteiger partial charge in [-0.3, -0.25) is 0 Å². The molecule has 1 unspecified atom stereocenters. The van der Waals surface area contributed by atoms with Crippen molar-refractivity contribution < 1.29 is 14.9 Å². The summed E-state index contributed by atoms with van der Waals surface area (Å²) in [6, 6.07) is 7.57. The van der Waals surface area contributed by atoms with E-state index in [1.165, 1.54) is 0 Å². The van der Waals surface area contributed by atoms with Crippen molar-refractivity contribution in [3.05, 3.63) is 29.8 Å². The van der Waals surface area contributed by atoms with Crippen LogP contribution < -0.4 is 4.74 Å². The van der Waals surface area contributed by atoms with Crippen molar-refractivity contribution in [2.75, 3.05) is 32.8 Å². The van der Waals surface area contributed by atoms with E-state index in [1.807, 2.05) is 31.2 Å². The molecule has 19 heavy (non-hydrogen) atoms. The van der Waals surface area contributed by atoms with Gasteiger partial charge in [-0.2, -0.15) is 0 Å². The molecule has 0 aromatic heterocycles. The Kier molecular flexibility index (Phi) is 7.48. The van der Waals surface area contributed by atoms with Gasteiger partial charge in [0, 0.05) is 13.1 Å². The zero-order valence-electron chi connectivity index (χ0n) is 11.9. The summed E-state index contributed by atoms with van der Waals surface area (Å²) in [5.74, 6) is 0.828. The van der Waals surface area contributed by atoms with Gasteiger partial charge in [0.25, 0.3) is 0 Å². The van der Waals surface area contributed by atoms with E-state index >= 15 is 0 Å². The number of benzene rings is 1. The maximum Gasteiger partial charge on any atom is 0.119 e. The topological polar surface area (TPSA) is 52.9 Å². The van der Waals surface area contributed by atoms with Gasteiger partial charge in [-0.05, 0) is 37.6 Å². The number of aliphatic hydroxyl groups is 2. The van der Waals surface area contributed by atoms with Crippen molar-refractivity contribution in [3.8, 4) is 5.75 Å². The van der Waals surface area contributed by atoms with Crippen LogP contribution in [0.25, 0.3) is 0 Å². The Hall–Kier alpha value is -1.10. The first kappa shape index (κ1) is 16.0. The van der Waals surface area contributed by atoms with Crippen molar-refractivity contribution in [2.24, 2.45) is 0 Å². The summed E-state index contributed by atoms with van der Waals surface area (Å²) < 4.78 is 5.37. The van der Waals surface area contributed by atoms with Crippen LogP contribution in [0.4, 0.5) is 0 Å². The van der Waals surface area contributed by atoms with Crippen LogP contribution in [-0.2, 0) is 0 Å². The summed E-state index contributed by atoms with van der Waals surface area (Å²) in [6.07, 6.45) is 0.199. The fourth-order valence-corrected chi connectivity index (χ4v) is 1.99. The van der Waals surface area contributed by atoms with E-state index in [1.54, 1.807) is 0 Å². The van der Waals surface area contributed by atoms with Gasteiger partial charge in [-0.15, -0.1) is 0 Å². The SMILES string of the molecule is CCOc1ccc(C(O)CCN(CC)CCO)cc1. The lowest BCUT2D eigenvalue weighted by atomic mass is 10.1. The molecule has 4 nitrogen and oxygen atoms in total. The van der Waals surface area contributed by atoms with Gasteiger partial charge < -0.3 is 19.8 Å². The number of likely N-dealkylation sites (N-methyl/N-ethyl adjacent to an activating group) is 1. The number of ether oxygens (including phenoxy) is 1. The van der Waals surface area contributed by atoms with E-state index in [-0.39, 0.29) is 6.61 Å². The fourth-order valence-electron chi connectivity index (χ4n) is 1.99. The van der Waals surface area contributed by atoms with Gasteiger partial charge in [-0.25, -0.2) is 0 Å². The molecule has 0 saturated carbocycles. The molecule has 4 heteroatoms. The van der Waals surface area contributed by atoms with Gasteiger partial charge in [0.05, 0.1) is 19.3 Å². The number of hydrogen-bond acceptors (Lipinski definition) is 4. The molecule has 0 spiro atoms. The van der Waals surface area contributed by atoms with E-state index in [0.29, 0.717) is 19.6 Å². The second-order valence-corrected chi connectivity index (χ2v) is 4.46. The largest absolute Gasteiger partial charge is 0.494 e. The molecule has 1 aromatic rings. The standard InChI is InChI=1S/C15H25NO3/c1-3-16(11-12-17)10-9-15(18)13-5-7-14(8-6-13)19-4-2/h5-8,15,17-18H,3-4,9-12H2,1-2H3. The molecule has 108 valence electrons. The van der Waals surface area contributed by atoms with Crippen molar-refractivity contribution in [1.29, 1.82) is 0 Å². The molecule has 0 aliphatic heterocycles. The van der Waals surface area contributed by atoms with Crippen molar-refractivity contribution in [2.45, 2.75) is 26.4 Å². The molecule has 0 aliphatic rings. The summed E-state index contributed by atoms with van der Waals surface area (Å²) in [5, 5.41) is 19.0. The molecule has 2 N–H and O–H groups in total. The minimum atomic E-state index is -0.469. The highest BCUT2D eigenvalue weighted by Crippen LogP contribution is 2.20. The third-order valence-corrected chi connectivity index (χ3v) is 3.16. The normalized spacial score (nSPS) is 12.7. The maximum absolute atomic E-state index is 10.1. The Morgan fingerprint density at radius 2 is 1.84 bits per heavy atom. The van der Waals surface area contributed by atoms with Gasteiger partial charge in [0.15, 0.2) is 0 Å². The maximum atomic E-state index is 10.1. The molecule has 0 saturated heterocycles. The second kappa shape index (κ2) is 8.91. The molecule has 1 rings (SSSR count). The average Bonchev–Trinajstić information content (AvgIpc) is 2.44. The molecule has 0 heterocycles. The van der Waals surface area contributed by atoms with Crippen LogP contribution in [0.3, 0.4) is 0 Å². The number of hydrogen-bond donors (Lipinski definition) is 2. The smallest absolute Gasteiger partial charge is 0.119 e. The molecule has 0 radical (unpaired) electrons. The number of aliphatic hydroxyl groups excluding tert-OH is 2. The predicted octanol–water partition coefficient (Wildman–Crippen LogP) is 1.82. The number of nitrogens with zero attached hydrogens (tertiary/aromatic N) is 1. The summed E-state index contributed by atoms with van der Waals surface area (Å²) in [4.78, 5) is 2.12. The van der Waals surface area contributed by atoms with E-state index < -0.39 is 6.10 Å². The Morgan fingerprint density at radius 1 is 1.16 bits per heavy atom. The van der Waals surface area contributed by atoms with Gasteiger partial charge in [0.1, 0.15) is 5.75 Å². The quantitative estimate of drug-likeness (QED) is 0.716. The third kappa shape index (κ3) is 5.59. The highest BCUT2D eigenvalue weighted by atomic mass is 16.5. The van der Waals surface area contributed by atoms with Crippen LogP contribution >= 0.6 is 0 Å². The number of rotatable bonds is 9. The van der Waals surface area contributed by atoms with Crippen LogP contribution in [0.5, 0.6) is 5.75 Å². The molecule has 0 aliphatic carbocycles. The lowest BCUT2D eigenvalue weighted by molar-refractivity contribution is 0.133. The van der Waals surface area contributed by atoms with Crippen molar-refractivity contribution >= 4 is 0 Å². The Balaban J connectivity index is 2.45. The Bertz CT molecular complexity index is 340. The fraction of sp³-hybridized carbons (Fsp3) is 0.600. The van der Waals surface area contributed by atoms with E-state index in [4.69, 9.17) is 9.84 Å². The molecule has 1 atom stereocenters. The predicted molar refractivity (Wildman–Crippen MR) is 76.4 cm³/mol. The lowest BCUT2D eigenvalue weighted by Crippen LogP contribution is -2.28. The second-order valence-electron chi connectivity index (χ2n) is 4.46. The molecular weight excluding hydrogens is 242 g/mol. The average molecular weight is 267 g/mol. The van der Waals surface area contributed by atoms with Crippen LogP contribution in [-0.4, -0.2) is 48.0 Å². The van der Waals surface area contributed by atoms with Crippen LogP contribution in [0.15, 0.2) is 24.3 Å². The van der Waals surface area contributed by atoms with Crippen molar-refractivity contribution in [1.82, 2.24) is 4.90 Å². The zero-order valence-corrected chi connectivity index (χ0v) is 11.9. The van der Waals surface area contributed by atoms with Gasteiger partial charge >= 0.3 is 0 Å². The van der Waals surface area contributed by atoms with Crippen LogP contribution in [0.2, 0.25) is 0 Å². The highest BCUT2D eigenvalue weighted by Gasteiger charge is 2.10. The Morgan fingerprint density at radius 3 is 2.37 bits per heavy atom. The molecular formula is C15H25NO3. The summed E-state index contributed by atoms with van der Waals surface area (Å²) in [6.45, 7) is 7.14. The monoisotopic (exact) mass is 267 g/mol. The third-order valence-electron chi connectivity index (χ3n) is 3.16. The molecule has 0 bridgehead atoms. The Labute approximate surface area is 115 Å². The molecule has 0 amide bonds. The molecule has 0 fully saturated rings. The van der Waals surface area contributed by atoms with Crippen LogP contribution in [0.1, 0.15) is 31.9 Å². The first-order valence-corrected chi connectivity index (χ1v) is 6.95. The molecule has 1 aromatic carbocycles. The minimum Gasteiger partial charge on any atom is -0.494 e. The van der Waals surface area contributed by atoms with Gasteiger partial charge in [0.2, 0.25) is 0 Å². The lowest BCUT2D eigenvalue weighted by Gasteiger charge is -2.21. The van der Waals surface area contributed by atoms with Crippen LogP contribution in [0, 0.1) is 0 Å². The summed E-state index contributed by atoms with van der Waals surface area (Å²) in [5.41, 5.74) is 0.906. The highest BCUT2D eigenvalue weighted by molar-refractivity contribution is 5.28. The van der Waals surface area contributed by atoms with Crippen molar-refractivity contribution in [3.63, 3.8) is 0 Å². The van der Waals surface area contributed by atoms with E-state index in [2.05, 4.69) is 11.8 Å². The zero-order chi connectivity index (χ0) is 14.1. The minimum absolute atomic E-state index is 0.160. The first-order chi connectivity index (χ1) is 9.21. The summed E-state index contributed by atoms with van der Waals surface area (Å²) in [7, 11) is 0. The van der Waals surface area contributed by atoms with E-state index in [0.717, 1.165) is 24.4 Å². The van der Waals surface area contributed by atoms with E-state index in [9.17, 15) is 5.11 Å². The van der Waals surface area contributed by atoms with Gasteiger partial charge in [-0.1, -0.05) is 19.1 Å². The first-order valence-electron chi connectivity index (χ1n) is 6.95.